The van der Waals surface area contributed by atoms with Crippen LogP contribution in [0.3, 0.4) is 0 Å². The Kier molecular flexibility index (Phi) is 4.95. The summed E-state index contributed by atoms with van der Waals surface area (Å²) < 4.78 is 0. The van der Waals surface area contributed by atoms with E-state index in [-0.39, 0.29) is 0 Å². The van der Waals surface area contributed by atoms with Crippen LogP contribution in [0.5, 0.6) is 0 Å². The summed E-state index contributed by atoms with van der Waals surface area (Å²) in [5, 5.41) is 0. The average Bonchev–Trinajstić information content (AvgIpc) is 2.27. The van der Waals surface area contributed by atoms with Crippen molar-refractivity contribution in [3.05, 3.63) is 59.3 Å². The van der Waals surface area contributed by atoms with Gasteiger partial charge in [-0.3, -0.25) is 0 Å². The Morgan fingerprint density at radius 3 is 2.50 bits per heavy atom. The van der Waals surface area contributed by atoms with E-state index in [0.717, 1.165) is 12.8 Å². The zero-order valence-electron chi connectivity index (χ0n) is 12.5. The van der Waals surface area contributed by atoms with Crippen molar-refractivity contribution in [2.45, 2.75) is 47.5 Å². The van der Waals surface area contributed by atoms with Crippen LogP contribution in [0.15, 0.2) is 59.3 Å². The zero-order valence-corrected chi connectivity index (χ0v) is 12.5. The SMILES string of the molecule is C=CC=C(C)C1=CC(=C(C)C=CC)CC(C)(C)C1. The third kappa shape index (κ3) is 3.87. The summed E-state index contributed by atoms with van der Waals surface area (Å²) in [5.74, 6) is 0. The number of hydrogen-bond donors (Lipinski definition) is 0. The topological polar surface area (TPSA) is 0 Å². The van der Waals surface area contributed by atoms with Crippen LogP contribution >= 0.6 is 0 Å². The summed E-state index contributed by atoms with van der Waals surface area (Å²) in [6.07, 6.45) is 13.0. The van der Waals surface area contributed by atoms with E-state index in [9.17, 15) is 0 Å². The van der Waals surface area contributed by atoms with Crippen LogP contribution in [0.4, 0.5) is 0 Å². The van der Waals surface area contributed by atoms with Gasteiger partial charge in [-0.2, -0.15) is 0 Å². The maximum Gasteiger partial charge on any atom is -0.0221 e. The fourth-order valence-corrected chi connectivity index (χ4v) is 2.55. The van der Waals surface area contributed by atoms with Gasteiger partial charge in [0.05, 0.1) is 0 Å². The van der Waals surface area contributed by atoms with E-state index in [4.69, 9.17) is 0 Å². The Bertz CT molecular complexity index is 437. The Hall–Kier alpha value is -1.30. The zero-order chi connectivity index (χ0) is 13.8. The number of allylic oxidation sites excluding steroid dienone is 9. The van der Waals surface area contributed by atoms with Crippen LogP contribution in [-0.4, -0.2) is 0 Å². The number of hydrogen-bond acceptors (Lipinski definition) is 0. The number of rotatable bonds is 3. The van der Waals surface area contributed by atoms with Crippen LogP contribution in [0.2, 0.25) is 0 Å². The maximum absolute atomic E-state index is 3.79. The molecule has 18 heavy (non-hydrogen) atoms. The van der Waals surface area contributed by atoms with Gasteiger partial charge in [0.2, 0.25) is 0 Å². The molecule has 0 unspecified atom stereocenters. The summed E-state index contributed by atoms with van der Waals surface area (Å²) in [5.41, 5.74) is 5.98. The van der Waals surface area contributed by atoms with Gasteiger partial charge in [-0.15, -0.1) is 0 Å². The van der Waals surface area contributed by atoms with Crippen molar-refractivity contribution >= 4 is 0 Å². The smallest absolute Gasteiger partial charge is 0.0221 e. The second-order valence-electron chi connectivity index (χ2n) is 5.98. The molecule has 0 aromatic heterocycles. The van der Waals surface area contributed by atoms with Crippen molar-refractivity contribution in [2.24, 2.45) is 5.41 Å². The van der Waals surface area contributed by atoms with E-state index < -0.39 is 0 Å². The quantitative estimate of drug-likeness (QED) is 0.552. The van der Waals surface area contributed by atoms with E-state index in [0.29, 0.717) is 5.41 Å². The highest BCUT2D eigenvalue weighted by atomic mass is 14.3. The van der Waals surface area contributed by atoms with Crippen molar-refractivity contribution in [1.82, 2.24) is 0 Å². The minimum atomic E-state index is 0.346. The Labute approximate surface area is 112 Å². The summed E-state index contributed by atoms with van der Waals surface area (Å²) in [4.78, 5) is 0. The minimum absolute atomic E-state index is 0.346. The Morgan fingerprint density at radius 1 is 1.28 bits per heavy atom. The molecule has 0 saturated carbocycles. The van der Waals surface area contributed by atoms with Crippen LogP contribution in [-0.2, 0) is 0 Å². The van der Waals surface area contributed by atoms with Crippen molar-refractivity contribution in [2.75, 3.05) is 0 Å². The molecule has 0 N–H and O–H groups in total. The molecule has 0 heteroatoms. The van der Waals surface area contributed by atoms with Crippen LogP contribution < -0.4 is 0 Å². The summed E-state index contributed by atoms with van der Waals surface area (Å²) >= 11 is 0. The van der Waals surface area contributed by atoms with E-state index in [2.05, 4.69) is 65.5 Å². The molecule has 1 aliphatic rings. The van der Waals surface area contributed by atoms with E-state index in [1.54, 1.807) is 0 Å². The fraction of sp³-hybridized carbons (Fsp3) is 0.444. The van der Waals surface area contributed by atoms with Crippen LogP contribution in [0.1, 0.15) is 47.5 Å². The molecule has 1 rings (SSSR count). The van der Waals surface area contributed by atoms with E-state index >= 15 is 0 Å². The molecule has 1 aliphatic carbocycles. The molecule has 0 radical (unpaired) electrons. The molecule has 0 amide bonds. The standard InChI is InChI=1S/C18H26/c1-7-9-14(3)16-11-17(15(4)10-8-2)13-18(5,6)12-16/h7-11H,1,12-13H2,2-6H3. The molecule has 0 nitrogen and oxygen atoms in total. The second-order valence-corrected chi connectivity index (χ2v) is 5.98. The highest BCUT2D eigenvalue weighted by Gasteiger charge is 2.26. The Balaban J connectivity index is 3.22. The highest BCUT2D eigenvalue weighted by Crippen LogP contribution is 2.41. The van der Waals surface area contributed by atoms with Crippen LogP contribution in [0.25, 0.3) is 0 Å². The predicted molar refractivity (Wildman–Crippen MR) is 82.6 cm³/mol. The second kappa shape index (κ2) is 6.04. The molecule has 0 spiro atoms. The lowest BCUT2D eigenvalue weighted by molar-refractivity contribution is 0.352. The highest BCUT2D eigenvalue weighted by molar-refractivity contribution is 5.44. The van der Waals surface area contributed by atoms with Crippen molar-refractivity contribution in [1.29, 1.82) is 0 Å². The van der Waals surface area contributed by atoms with Crippen LogP contribution in [0, 0.1) is 5.41 Å². The minimum Gasteiger partial charge on any atom is -0.0991 e. The average molecular weight is 242 g/mol. The maximum atomic E-state index is 3.79. The first-order chi connectivity index (χ1) is 8.39. The molecule has 0 heterocycles. The van der Waals surface area contributed by atoms with Gasteiger partial charge in [-0.1, -0.05) is 50.8 Å². The van der Waals surface area contributed by atoms with Gasteiger partial charge in [0.1, 0.15) is 0 Å². The van der Waals surface area contributed by atoms with Gasteiger partial charge < -0.3 is 0 Å². The lowest BCUT2D eigenvalue weighted by atomic mass is 9.73. The summed E-state index contributed by atoms with van der Waals surface area (Å²) in [6.45, 7) is 15.0. The summed E-state index contributed by atoms with van der Waals surface area (Å²) in [6, 6.07) is 0. The van der Waals surface area contributed by atoms with E-state index in [1.165, 1.54) is 22.3 Å². The predicted octanol–water partition coefficient (Wildman–Crippen LogP) is 5.76. The van der Waals surface area contributed by atoms with Crippen molar-refractivity contribution < 1.29 is 0 Å². The Morgan fingerprint density at radius 2 is 1.94 bits per heavy atom. The largest absolute Gasteiger partial charge is 0.0991 e. The molecule has 0 bridgehead atoms. The van der Waals surface area contributed by atoms with Gasteiger partial charge in [0.25, 0.3) is 0 Å². The molecule has 0 aromatic rings. The van der Waals surface area contributed by atoms with Gasteiger partial charge in [0, 0.05) is 0 Å². The fourth-order valence-electron chi connectivity index (χ4n) is 2.55. The first-order valence-corrected chi connectivity index (χ1v) is 6.72. The van der Waals surface area contributed by atoms with Gasteiger partial charge >= 0.3 is 0 Å². The van der Waals surface area contributed by atoms with Gasteiger partial charge in [-0.25, -0.2) is 0 Å². The molecule has 0 fully saturated rings. The van der Waals surface area contributed by atoms with Gasteiger partial charge in [-0.05, 0) is 61.3 Å². The lowest BCUT2D eigenvalue weighted by Gasteiger charge is -2.32. The molecular formula is C18H26. The molecule has 0 aromatic carbocycles. The lowest BCUT2D eigenvalue weighted by Crippen LogP contribution is -2.18. The summed E-state index contributed by atoms with van der Waals surface area (Å²) in [7, 11) is 0. The molecule has 0 aliphatic heterocycles. The third-order valence-electron chi connectivity index (χ3n) is 3.48. The molecule has 0 atom stereocenters. The molecule has 0 saturated heterocycles. The first kappa shape index (κ1) is 14.8. The molecular weight excluding hydrogens is 216 g/mol. The normalized spacial score (nSPS) is 22.9. The first-order valence-electron chi connectivity index (χ1n) is 6.72. The van der Waals surface area contributed by atoms with Crippen molar-refractivity contribution in [3.63, 3.8) is 0 Å². The van der Waals surface area contributed by atoms with Gasteiger partial charge in [0.15, 0.2) is 0 Å². The monoisotopic (exact) mass is 242 g/mol. The third-order valence-corrected chi connectivity index (χ3v) is 3.48. The molecule has 98 valence electrons. The van der Waals surface area contributed by atoms with E-state index in [1.807, 2.05) is 6.08 Å². The van der Waals surface area contributed by atoms with Crippen molar-refractivity contribution in [3.8, 4) is 0 Å².